The molecule has 1 heterocycles. The van der Waals surface area contributed by atoms with Gasteiger partial charge in [0.15, 0.2) is 0 Å². The van der Waals surface area contributed by atoms with Crippen LogP contribution >= 0.6 is 0 Å². The van der Waals surface area contributed by atoms with Crippen LogP contribution in [0.2, 0.25) is 0 Å². The van der Waals surface area contributed by atoms with Crippen LogP contribution in [0.4, 0.5) is 0 Å². The van der Waals surface area contributed by atoms with E-state index in [2.05, 4.69) is 19.3 Å². The van der Waals surface area contributed by atoms with Gasteiger partial charge >= 0.3 is 0 Å². The van der Waals surface area contributed by atoms with Crippen molar-refractivity contribution in [1.82, 2.24) is 5.48 Å². The maximum Gasteiger partial charge on any atom is 0.212 e. The van der Waals surface area contributed by atoms with E-state index >= 15 is 0 Å². The highest BCUT2D eigenvalue weighted by Crippen LogP contribution is 2.46. The molecule has 2 fully saturated rings. The molecule has 108 valence electrons. The topological polar surface area (TPSA) is 73.5 Å². The van der Waals surface area contributed by atoms with E-state index < -0.39 is 5.72 Å². The zero-order valence-corrected chi connectivity index (χ0v) is 13.7. The lowest BCUT2D eigenvalue weighted by Gasteiger charge is -2.28. The number of halogens is 1. The summed E-state index contributed by atoms with van der Waals surface area (Å²) in [7, 11) is 0. The molecule has 0 aromatic carbocycles. The van der Waals surface area contributed by atoms with Gasteiger partial charge in [-0.3, -0.25) is 0 Å². The van der Waals surface area contributed by atoms with Gasteiger partial charge in [-0.1, -0.05) is 13.8 Å². The maximum atomic E-state index is 10.8. The lowest BCUT2D eigenvalue weighted by molar-refractivity contribution is -0.716. The molecule has 1 aliphatic carbocycles. The Hall–Kier alpha value is 0.530. The highest BCUT2D eigenvalue weighted by molar-refractivity contribution is 5.00. The number of hydroxylamine groups is 2. The zero-order valence-electron chi connectivity index (χ0n) is 11.5. The summed E-state index contributed by atoms with van der Waals surface area (Å²) in [6, 6.07) is 0.283. The van der Waals surface area contributed by atoms with Crippen LogP contribution < -0.4 is 34.9 Å². The molecule has 0 aromatic heterocycles. The van der Waals surface area contributed by atoms with E-state index in [1.807, 2.05) is 0 Å². The van der Waals surface area contributed by atoms with E-state index in [9.17, 15) is 5.21 Å². The Morgan fingerprint density at radius 2 is 2.11 bits per heavy atom. The molecule has 0 bridgehead atoms. The number of ether oxygens (including phenoxy) is 1. The van der Waals surface area contributed by atoms with Crippen molar-refractivity contribution < 1.29 is 39.0 Å². The van der Waals surface area contributed by atoms with Gasteiger partial charge in [0.25, 0.3) is 0 Å². The molecule has 3 N–H and O–H groups in total. The fraction of sp³-hybridized carbons (Fsp3) is 1.00. The second-order valence-corrected chi connectivity index (χ2v) is 6.50. The van der Waals surface area contributed by atoms with Crippen molar-refractivity contribution in [3.8, 4) is 0 Å². The highest BCUT2D eigenvalue weighted by atomic mass is 127. The second-order valence-electron chi connectivity index (χ2n) is 6.50. The van der Waals surface area contributed by atoms with Crippen molar-refractivity contribution in [1.29, 1.82) is 0 Å². The van der Waals surface area contributed by atoms with Crippen LogP contribution in [0.25, 0.3) is 0 Å². The zero-order chi connectivity index (χ0) is 12.7. The molecule has 6 heteroatoms. The van der Waals surface area contributed by atoms with Crippen LogP contribution in [0.5, 0.6) is 0 Å². The molecular formula is C12H24IN2O3-. The van der Waals surface area contributed by atoms with Gasteiger partial charge in [-0.2, -0.15) is 5.48 Å². The monoisotopic (exact) mass is 371 g/mol. The predicted octanol–water partition coefficient (Wildman–Crippen LogP) is -2.34. The standard InChI is InChI=1S/C12H24N2O3.HI/c1-11(2)6-5-8(7-9-10(11)16-9)13-17-12(3,4)14-15;/h8-10,13H,5-7,14H2,1-4H3;1H/p-1. The highest BCUT2D eigenvalue weighted by Gasteiger charge is 2.52. The van der Waals surface area contributed by atoms with Crippen LogP contribution in [-0.4, -0.2) is 24.0 Å². The summed E-state index contributed by atoms with van der Waals surface area (Å²) in [6.07, 6.45) is 3.94. The number of rotatable bonds is 4. The largest absolute Gasteiger partial charge is 1.00 e. The quantitative estimate of drug-likeness (QED) is 0.251. The Labute approximate surface area is 126 Å². The lowest BCUT2D eigenvalue weighted by atomic mass is 9.84. The van der Waals surface area contributed by atoms with Gasteiger partial charge in [0.2, 0.25) is 5.72 Å². The third-order valence-electron chi connectivity index (χ3n) is 3.78. The Bertz CT molecular complexity index is 286. The number of nitrogens with two attached hydrogens (primary N) is 1. The van der Waals surface area contributed by atoms with Crippen molar-refractivity contribution >= 4 is 0 Å². The first-order valence-electron chi connectivity index (χ1n) is 6.39. The second kappa shape index (κ2) is 5.88. The molecule has 5 nitrogen and oxygen atoms in total. The first-order valence-corrected chi connectivity index (χ1v) is 6.39. The Morgan fingerprint density at radius 1 is 1.44 bits per heavy atom. The van der Waals surface area contributed by atoms with E-state index in [4.69, 9.17) is 9.57 Å². The van der Waals surface area contributed by atoms with Gasteiger partial charge in [0, 0.05) is 19.9 Å². The summed E-state index contributed by atoms with van der Waals surface area (Å²) in [5.74, 6) is 0. The van der Waals surface area contributed by atoms with Gasteiger partial charge in [0.05, 0.1) is 12.2 Å². The van der Waals surface area contributed by atoms with Gasteiger partial charge in [-0.25, -0.2) is 4.84 Å². The molecule has 18 heavy (non-hydrogen) atoms. The summed E-state index contributed by atoms with van der Waals surface area (Å²) in [5, 5.41) is 10.8. The van der Waals surface area contributed by atoms with Crippen LogP contribution in [0, 0.1) is 10.6 Å². The van der Waals surface area contributed by atoms with Crippen LogP contribution in [0.15, 0.2) is 0 Å². The number of nitrogens with one attached hydrogen (secondary N) is 1. The van der Waals surface area contributed by atoms with Crippen LogP contribution in [0.3, 0.4) is 0 Å². The minimum Gasteiger partial charge on any atom is -1.00 e. The first kappa shape index (κ1) is 16.6. The number of epoxide rings is 1. The molecular weight excluding hydrogens is 347 g/mol. The Kier molecular flexibility index (Phi) is 5.42. The average Bonchev–Trinajstić information content (AvgIpc) is 3.02. The van der Waals surface area contributed by atoms with Crippen molar-refractivity contribution in [3.63, 3.8) is 0 Å². The van der Waals surface area contributed by atoms with E-state index in [1.165, 1.54) is 0 Å². The summed E-state index contributed by atoms with van der Waals surface area (Å²) in [5.41, 5.74) is 3.36. The summed E-state index contributed by atoms with van der Waals surface area (Å²) in [6.45, 7) is 8.03. The predicted molar refractivity (Wildman–Crippen MR) is 63.7 cm³/mol. The van der Waals surface area contributed by atoms with Crippen molar-refractivity contribution in [2.75, 3.05) is 0 Å². The molecule has 1 saturated carbocycles. The van der Waals surface area contributed by atoms with Gasteiger partial charge in [-0.15, -0.1) is 0 Å². The number of fused-ring (bicyclic) bond motifs is 1. The van der Waals surface area contributed by atoms with E-state index in [1.54, 1.807) is 13.8 Å². The normalized spacial score (nSPS) is 34.2. The van der Waals surface area contributed by atoms with Crippen molar-refractivity contribution in [2.24, 2.45) is 5.41 Å². The minimum absolute atomic E-state index is 0. The van der Waals surface area contributed by atoms with Crippen molar-refractivity contribution in [3.05, 3.63) is 5.21 Å². The smallest absolute Gasteiger partial charge is 0.212 e. The summed E-state index contributed by atoms with van der Waals surface area (Å²) >= 11 is 0. The van der Waals surface area contributed by atoms with Crippen LogP contribution in [0.1, 0.15) is 47.0 Å². The minimum atomic E-state index is -0.758. The van der Waals surface area contributed by atoms with E-state index in [-0.39, 0.29) is 35.4 Å². The SMILES string of the molecule is CC(C)([NH2+][O-])ONC1CCC(C)(C)C2OC2C1.[I-]. The number of hydrogen-bond acceptors (Lipinski definition) is 4. The lowest BCUT2D eigenvalue weighted by Crippen LogP contribution is -3.00. The average molecular weight is 371 g/mol. The third kappa shape index (κ3) is 4.01. The molecule has 1 saturated heterocycles. The molecule has 3 atom stereocenters. The Balaban J connectivity index is 0.00000162. The molecule has 0 spiro atoms. The maximum absolute atomic E-state index is 10.8. The molecule has 0 aromatic rings. The van der Waals surface area contributed by atoms with Crippen molar-refractivity contribution in [2.45, 2.75) is 70.9 Å². The number of hydrogen-bond donors (Lipinski definition) is 2. The third-order valence-corrected chi connectivity index (χ3v) is 3.78. The fourth-order valence-corrected chi connectivity index (χ4v) is 2.46. The van der Waals surface area contributed by atoms with E-state index in [0.717, 1.165) is 24.7 Å². The van der Waals surface area contributed by atoms with Gasteiger partial charge < -0.3 is 39.4 Å². The fourth-order valence-electron chi connectivity index (χ4n) is 2.46. The van der Waals surface area contributed by atoms with E-state index in [0.29, 0.717) is 12.2 Å². The molecule has 1 aliphatic heterocycles. The molecule has 2 aliphatic rings. The first-order chi connectivity index (χ1) is 7.84. The van der Waals surface area contributed by atoms with Crippen LogP contribution in [-0.2, 0) is 9.57 Å². The summed E-state index contributed by atoms with van der Waals surface area (Å²) in [4.78, 5) is 5.44. The summed E-state index contributed by atoms with van der Waals surface area (Å²) < 4.78 is 5.70. The molecule has 0 amide bonds. The Morgan fingerprint density at radius 3 is 2.72 bits per heavy atom. The molecule has 0 radical (unpaired) electrons. The molecule has 3 unspecified atom stereocenters. The number of quaternary nitrogens is 1. The molecule has 2 rings (SSSR count). The van der Waals surface area contributed by atoms with Gasteiger partial charge in [0.1, 0.15) is 0 Å². The van der Waals surface area contributed by atoms with Gasteiger partial charge in [-0.05, 0) is 24.7 Å².